The van der Waals surface area contributed by atoms with Gasteiger partial charge in [0.25, 0.3) is 0 Å². The Labute approximate surface area is 97.1 Å². The largest absolute Gasteiger partial charge is 0.306 e. The Morgan fingerprint density at radius 2 is 2.07 bits per heavy atom. The summed E-state index contributed by atoms with van der Waals surface area (Å²) in [7, 11) is 0. The van der Waals surface area contributed by atoms with Crippen LogP contribution in [0.5, 0.6) is 0 Å². The van der Waals surface area contributed by atoms with Gasteiger partial charge in [-0.25, -0.2) is 4.98 Å². The number of hydrogen-bond donors (Lipinski definition) is 1. The van der Waals surface area contributed by atoms with Crippen molar-refractivity contribution in [1.82, 2.24) is 10.3 Å². The second-order valence-corrected chi connectivity index (χ2v) is 5.42. The van der Waals surface area contributed by atoms with E-state index in [0.29, 0.717) is 18.0 Å². The van der Waals surface area contributed by atoms with Crippen molar-refractivity contribution in [3.63, 3.8) is 0 Å². The molecule has 3 atom stereocenters. The lowest BCUT2D eigenvalue weighted by atomic mass is 10.00. The number of aryl methyl sites for hydroxylation is 1. The summed E-state index contributed by atoms with van der Waals surface area (Å²) in [6, 6.07) is 0.908. The molecule has 1 rings (SSSR count). The van der Waals surface area contributed by atoms with Crippen LogP contribution in [0.25, 0.3) is 0 Å². The molecular weight excluding hydrogens is 204 g/mol. The zero-order valence-electron chi connectivity index (χ0n) is 10.4. The van der Waals surface area contributed by atoms with Gasteiger partial charge in [-0.2, -0.15) is 0 Å². The van der Waals surface area contributed by atoms with Crippen LogP contribution in [0.3, 0.4) is 0 Å². The summed E-state index contributed by atoms with van der Waals surface area (Å²) in [5.41, 5.74) is 1.17. The van der Waals surface area contributed by atoms with Crippen molar-refractivity contribution in [2.45, 2.75) is 53.1 Å². The van der Waals surface area contributed by atoms with E-state index in [1.807, 2.05) is 0 Å². The van der Waals surface area contributed by atoms with Gasteiger partial charge in [0.2, 0.25) is 0 Å². The number of hydrogen-bond acceptors (Lipinski definition) is 3. The van der Waals surface area contributed by atoms with Crippen LogP contribution < -0.4 is 5.32 Å². The zero-order valence-corrected chi connectivity index (χ0v) is 11.2. The molecule has 0 spiro atoms. The highest BCUT2D eigenvalue weighted by Crippen LogP contribution is 2.18. The first-order valence-corrected chi connectivity index (χ1v) is 6.60. The Bertz CT molecular complexity index is 296. The first-order chi connectivity index (χ1) is 7.04. The first-order valence-electron chi connectivity index (χ1n) is 5.72. The topological polar surface area (TPSA) is 24.9 Å². The van der Waals surface area contributed by atoms with E-state index in [9.17, 15) is 0 Å². The van der Waals surface area contributed by atoms with E-state index < -0.39 is 0 Å². The molecule has 3 unspecified atom stereocenters. The number of nitrogens with one attached hydrogen (secondary N) is 1. The standard InChI is InChI=1S/C12H22N2S/c1-6-8(2)9(3)13-10(4)12-7-15-11(5)14-12/h7-10,13H,6H2,1-5H3. The van der Waals surface area contributed by atoms with E-state index in [-0.39, 0.29) is 0 Å². The van der Waals surface area contributed by atoms with Gasteiger partial charge in [0.15, 0.2) is 0 Å². The highest BCUT2D eigenvalue weighted by Gasteiger charge is 2.15. The van der Waals surface area contributed by atoms with Gasteiger partial charge in [0.1, 0.15) is 0 Å². The molecule has 1 heterocycles. The molecule has 1 aromatic rings. The van der Waals surface area contributed by atoms with Crippen LogP contribution in [0.2, 0.25) is 0 Å². The molecule has 3 heteroatoms. The Morgan fingerprint density at radius 3 is 2.53 bits per heavy atom. The van der Waals surface area contributed by atoms with Gasteiger partial charge < -0.3 is 5.32 Å². The average molecular weight is 226 g/mol. The quantitative estimate of drug-likeness (QED) is 0.830. The summed E-state index contributed by atoms with van der Waals surface area (Å²) < 4.78 is 0. The number of thiazole rings is 1. The van der Waals surface area contributed by atoms with Crippen molar-refractivity contribution >= 4 is 11.3 Å². The molecule has 0 bridgehead atoms. The molecule has 1 aromatic heterocycles. The number of rotatable bonds is 5. The molecule has 0 fully saturated rings. The molecule has 0 aliphatic rings. The molecule has 1 N–H and O–H groups in total. The lowest BCUT2D eigenvalue weighted by Crippen LogP contribution is -2.34. The molecule has 0 amide bonds. The van der Waals surface area contributed by atoms with Gasteiger partial charge in [0, 0.05) is 17.5 Å². The van der Waals surface area contributed by atoms with Crippen molar-refractivity contribution < 1.29 is 0 Å². The van der Waals surface area contributed by atoms with E-state index in [1.165, 1.54) is 12.1 Å². The van der Waals surface area contributed by atoms with Crippen molar-refractivity contribution in [2.24, 2.45) is 5.92 Å². The molecule has 0 saturated carbocycles. The second kappa shape index (κ2) is 5.61. The van der Waals surface area contributed by atoms with E-state index >= 15 is 0 Å². The van der Waals surface area contributed by atoms with Crippen LogP contribution in [0, 0.1) is 12.8 Å². The maximum atomic E-state index is 4.50. The molecule has 0 aliphatic carbocycles. The normalized spacial score (nSPS) is 17.4. The van der Waals surface area contributed by atoms with Gasteiger partial charge in [0.05, 0.1) is 10.7 Å². The second-order valence-electron chi connectivity index (χ2n) is 4.35. The fourth-order valence-corrected chi connectivity index (χ4v) is 2.28. The molecule has 0 saturated heterocycles. The number of aromatic nitrogens is 1. The Morgan fingerprint density at radius 1 is 1.40 bits per heavy atom. The summed E-state index contributed by atoms with van der Waals surface area (Å²) in [4.78, 5) is 4.50. The molecule has 0 radical (unpaired) electrons. The lowest BCUT2D eigenvalue weighted by molar-refractivity contribution is 0.358. The summed E-state index contributed by atoms with van der Waals surface area (Å²) >= 11 is 1.72. The van der Waals surface area contributed by atoms with Crippen molar-refractivity contribution in [1.29, 1.82) is 0 Å². The van der Waals surface area contributed by atoms with Crippen molar-refractivity contribution in [3.05, 3.63) is 16.1 Å². The summed E-state index contributed by atoms with van der Waals surface area (Å²) in [6.45, 7) is 11.0. The molecular formula is C12H22N2S. The van der Waals surface area contributed by atoms with E-state index in [0.717, 1.165) is 5.01 Å². The lowest BCUT2D eigenvalue weighted by Gasteiger charge is -2.23. The summed E-state index contributed by atoms with van der Waals surface area (Å²) in [5, 5.41) is 6.90. The fraction of sp³-hybridized carbons (Fsp3) is 0.750. The SMILES string of the molecule is CCC(C)C(C)NC(C)c1csc(C)n1. The highest BCUT2D eigenvalue weighted by molar-refractivity contribution is 7.09. The first kappa shape index (κ1) is 12.7. The van der Waals surface area contributed by atoms with Crippen LogP contribution in [0.15, 0.2) is 5.38 Å². The number of nitrogens with zero attached hydrogens (tertiary/aromatic N) is 1. The van der Waals surface area contributed by atoms with Crippen molar-refractivity contribution in [2.75, 3.05) is 0 Å². The maximum Gasteiger partial charge on any atom is 0.0898 e. The van der Waals surface area contributed by atoms with Crippen LogP contribution in [-0.2, 0) is 0 Å². The third-order valence-corrected chi connectivity index (χ3v) is 3.88. The Kier molecular flexibility index (Phi) is 4.74. The van der Waals surface area contributed by atoms with E-state index in [4.69, 9.17) is 0 Å². The predicted molar refractivity (Wildman–Crippen MR) is 67.3 cm³/mol. The van der Waals surface area contributed by atoms with Gasteiger partial charge >= 0.3 is 0 Å². The maximum absolute atomic E-state index is 4.50. The van der Waals surface area contributed by atoms with E-state index in [1.54, 1.807) is 11.3 Å². The molecule has 86 valence electrons. The van der Waals surface area contributed by atoms with Crippen molar-refractivity contribution in [3.8, 4) is 0 Å². The zero-order chi connectivity index (χ0) is 11.4. The van der Waals surface area contributed by atoms with E-state index in [2.05, 4.69) is 50.3 Å². The predicted octanol–water partition coefficient (Wildman–Crippen LogP) is 3.54. The minimum Gasteiger partial charge on any atom is -0.306 e. The van der Waals surface area contributed by atoms with Gasteiger partial charge in [-0.3, -0.25) is 0 Å². The van der Waals surface area contributed by atoms with Crippen LogP contribution in [0.4, 0.5) is 0 Å². The minimum atomic E-state index is 0.360. The minimum absolute atomic E-state index is 0.360. The average Bonchev–Trinajstić information content (AvgIpc) is 2.63. The Balaban J connectivity index is 2.52. The summed E-state index contributed by atoms with van der Waals surface area (Å²) in [6.07, 6.45) is 1.22. The molecule has 2 nitrogen and oxygen atoms in total. The third kappa shape index (κ3) is 3.58. The highest BCUT2D eigenvalue weighted by atomic mass is 32.1. The van der Waals surface area contributed by atoms with Crippen LogP contribution >= 0.6 is 11.3 Å². The fourth-order valence-electron chi connectivity index (χ4n) is 1.58. The van der Waals surface area contributed by atoms with Gasteiger partial charge in [-0.05, 0) is 26.7 Å². The Hall–Kier alpha value is -0.410. The smallest absolute Gasteiger partial charge is 0.0898 e. The van der Waals surface area contributed by atoms with Crippen LogP contribution in [0.1, 0.15) is 50.9 Å². The molecule has 15 heavy (non-hydrogen) atoms. The summed E-state index contributed by atoms with van der Waals surface area (Å²) in [5.74, 6) is 0.715. The third-order valence-electron chi connectivity index (χ3n) is 3.09. The molecule has 0 aromatic carbocycles. The van der Waals surface area contributed by atoms with Gasteiger partial charge in [-0.1, -0.05) is 20.3 Å². The van der Waals surface area contributed by atoms with Crippen LogP contribution in [-0.4, -0.2) is 11.0 Å². The van der Waals surface area contributed by atoms with Gasteiger partial charge in [-0.15, -0.1) is 11.3 Å². The monoisotopic (exact) mass is 226 g/mol. The molecule has 0 aliphatic heterocycles.